The number of carbonyl (C=O) groups is 1. The quantitative estimate of drug-likeness (QED) is 0.508. The van der Waals surface area contributed by atoms with Crippen LogP contribution in [0.1, 0.15) is 17.0 Å². The minimum atomic E-state index is -0.765. The summed E-state index contributed by atoms with van der Waals surface area (Å²) in [6.07, 6.45) is 0. The molecular weight excluding hydrogens is 388 g/mol. The first-order valence-electron chi connectivity index (χ1n) is 9.33. The largest absolute Gasteiger partial charge is 0.497 e. The van der Waals surface area contributed by atoms with Crippen molar-refractivity contribution in [1.29, 1.82) is 0 Å². The lowest BCUT2D eigenvalue weighted by molar-refractivity contribution is -0.118. The van der Waals surface area contributed by atoms with Gasteiger partial charge in [-0.25, -0.2) is 9.36 Å². The highest BCUT2D eigenvalue weighted by Gasteiger charge is 2.23. The maximum atomic E-state index is 13.1. The molecule has 10 nitrogen and oxygen atoms in total. The van der Waals surface area contributed by atoms with Crippen molar-refractivity contribution in [3.05, 3.63) is 62.1 Å². The predicted octanol–water partition coefficient (Wildman–Crippen LogP) is 0.308. The molecule has 0 atom stereocenters. The minimum Gasteiger partial charge on any atom is -0.497 e. The molecule has 0 bridgehead atoms. The highest BCUT2D eigenvalue weighted by molar-refractivity contribution is 5.78. The fourth-order valence-electron chi connectivity index (χ4n) is 3.71. The Bertz CT molecular complexity index is 1420. The fourth-order valence-corrected chi connectivity index (χ4v) is 3.71. The minimum absolute atomic E-state index is 0.238. The summed E-state index contributed by atoms with van der Waals surface area (Å²) < 4.78 is 11.0. The summed E-state index contributed by atoms with van der Waals surface area (Å²) in [5, 5.41) is 0. The number of rotatable bonds is 5. The predicted molar refractivity (Wildman–Crippen MR) is 111 cm³/mol. The van der Waals surface area contributed by atoms with Crippen LogP contribution in [0.2, 0.25) is 0 Å². The van der Waals surface area contributed by atoms with Crippen LogP contribution in [0.15, 0.2) is 33.9 Å². The van der Waals surface area contributed by atoms with Crippen LogP contribution in [-0.2, 0) is 24.9 Å². The summed E-state index contributed by atoms with van der Waals surface area (Å²) in [6, 6.07) is 7.68. The van der Waals surface area contributed by atoms with Crippen LogP contribution in [-0.4, -0.2) is 36.1 Å². The van der Waals surface area contributed by atoms with Crippen molar-refractivity contribution >= 4 is 22.8 Å². The second-order valence-electron chi connectivity index (χ2n) is 7.22. The van der Waals surface area contributed by atoms with Gasteiger partial charge in [-0.1, -0.05) is 12.1 Å². The molecule has 1 amide bonds. The molecule has 0 saturated carbocycles. The van der Waals surface area contributed by atoms with Gasteiger partial charge in [0.05, 0.1) is 13.7 Å². The van der Waals surface area contributed by atoms with E-state index in [4.69, 9.17) is 10.5 Å². The molecule has 0 unspecified atom stereocenters. The highest BCUT2D eigenvalue weighted by atomic mass is 16.5. The molecule has 4 aromatic rings. The summed E-state index contributed by atoms with van der Waals surface area (Å²) in [4.78, 5) is 41.6. The van der Waals surface area contributed by atoms with Crippen LogP contribution >= 0.6 is 0 Å². The van der Waals surface area contributed by atoms with Gasteiger partial charge in [-0.05, 0) is 31.5 Å². The molecule has 30 heavy (non-hydrogen) atoms. The number of aromatic nitrogens is 5. The summed E-state index contributed by atoms with van der Waals surface area (Å²) in [5.41, 5.74) is 7.28. The van der Waals surface area contributed by atoms with Crippen molar-refractivity contribution in [3.63, 3.8) is 0 Å². The normalized spacial score (nSPS) is 11.5. The molecule has 0 aliphatic heterocycles. The van der Waals surface area contributed by atoms with Crippen molar-refractivity contribution in [2.24, 2.45) is 12.8 Å². The average molecular weight is 410 g/mol. The van der Waals surface area contributed by atoms with Gasteiger partial charge >= 0.3 is 5.69 Å². The molecule has 10 heteroatoms. The van der Waals surface area contributed by atoms with E-state index in [0.29, 0.717) is 12.3 Å². The number of amides is 1. The van der Waals surface area contributed by atoms with E-state index in [1.807, 2.05) is 42.7 Å². The van der Waals surface area contributed by atoms with Crippen molar-refractivity contribution in [3.8, 4) is 5.75 Å². The number of ether oxygens (including phenoxy) is 1. The Kier molecular flexibility index (Phi) is 4.49. The fraction of sp³-hybridized carbons (Fsp3) is 0.300. The summed E-state index contributed by atoms with van der Waals surface area (Å²) >= 11 is 0. The highest BCUT2D eigenvalue weighted by Crippen LogP contribution is 2.22. The molecular formula is C20H22N6O4. The third kappa shape index (κ3) is 2.79. The molecule has 1 aromatic carbocycles. The van der Waals surface area contributed by atoms with Crippen LogP contribution < -0.4 is 21.7 Å². The topological polar surface area (TPSA) is 119 Å². The molecule has 0 fully saturated rings. The van der Waals surface area contributed by atoms with E-state index >= 15 is 0 Å². The van der Waals surface area contributed by atoms with E-state index in [9.17, 15) is 14.4 Å². The van der Waals surface area contributed by atoms with E-state index in [-0.39, 0.29) is 11.2 Å². The van der Waals surface area contributed by atoms with E-state index < -0.39 is 23.7 Å². The summed E-state index contributed by atoms with van der Waals surface area (Å²) in [7, 11) is 3.13. The van der Waals surface area contributed by atoms with Gasteiger partial charge in [0.25, 0.3) is 5.56 Å². The maximum Gasteiger partial charge on any atom is 0.332 e. The Morgan fingerprint density at radius 3 is 2.37 bits per heavy atom. The van der Waals surface area contributed by atoms with Gasteiger partial charge in [-0.2, -0.15) is 4.98 Å². The molecule has 0 aliphatic carbocycles. The lowest BCUT2D eigenvalue weighted by atomic mass is 10.2. The average Bonchev–Trinajstić information content (AvgIpc) is 3.22. The zero-order valence-corrected chi connectivity index (χ0v) is 17.2. The summed E-state index contributed by atoms with van der Waals surface area (Å²) in [5.74, 6) is 0.542. The second-order valence-corrected chi connectivity index (χ2v) is 7.22. The van der Waals surface area contributed by atoms with Gasteiger partial charge in [0, 0.05) is 18.4 Å². The SMILES string of the molecule is COc1ccc(Cn2c(C)c(C)n3c4c(=O)n(CC(N)=O)c(=O)n(C)c4nc23)cc1. The maximum absolute atomic E-state index is 13.1. The van der Waals surface area contributed by atoms with Gasteiger partial charge in [-0.15, -0.1) is 0 Å². The monoisotopic (exact) mass is 410 g/mol. The van der Waals surface area contributed by atoms with E-state index in [1.54, 1.807) is 11.5 Å². The van der Waals surface area contributed by atoms with Gasteiger partial charge in [0.1, 0.15) is 12.3 Å². The van der Waals surface area contributed by atoms with Crippen LogP contribution in [0.3, 0.4) is 0 Å². The number of fused-ring (bicyclic) bond motifs is 3. The number of nitrogens with zero attached hydrogens (tertiary/aromatic N) is 5. The van der Waals surface area contributed by atoms with Crippen molar-refractivity contribution in [2.75, 3.05) is 7.11 Å². The van der Waals surface area contributed by atoms with Gasteiger partial charge in [-0.3, -0.25) is 18.6 Å². The van der Waals surface area contributed by atoms with E-state index in [1.165, 1.54) is 11.6 Å². The lowest BCUT2D eigenvalue weighted by Crippen LogP contribution is -2.42. The van der Waals surface area contributed by atoms with Crippen molar-refractivity contribution in [2.45, 2.75) is 26.9 Å². The molecule has 4 rings (SSSR count). The van der Waals surface area contributed by atoms with Crippen molar-refractivity contribution < 1.29 is 9.53 Å². The third-order valence-electron chi connectivity index (χ3n) is 5.44. The Hall–Kier alpha value is -3.82. The first-order chi connectivity index (χ1) is 14.2. The Labute approximate surface area is 170 Å². The molecule has 156 valence electrons. The van der Waals surface area contributed by atoms with Crippen molar-refractivity contribution in [1.82, 2.24) is 23.1 Å². The standard InChI is InChI=1S/C20H22N6O4/c1-11-12(2)26-16-17(23(3)20(29)25(18(16)28)10-15(21)27)22-19(26)24(11)9-13-5-7-14(30-4)8-6-13/h5-8H,9-10H2,1-4H3,(H2,21,27). The van der Waals surface area contributed by atoms with Gasteiger partial charge in [0.2, 0.25) is 11.7 Å². The first kappa shape index (κ1) is 19.5. The van der Waals surface area contributed by atoms with Crippen LogP contribution in [0.5, 0.6) is 5.75 Å². The molecule has 3 heterocycles. The third-order valence-corrected chi connectivity index (χ3v) is 5.44. The zero-order valence-electron chi connectivity index (χ0n) is 17.2. The number of nitrogens with two attached hydrogens (primary N) is 1. The Morgan fingerprint density at radius 1 is 1.10 bits per heavy atom. The van der Waals surface area contributed by atoms with Crippen LogP contribution in [0.25, 0.3) is 16.9 Å². The Morgan fingerprint density at radius 2 is 1.77 bits per heavy atom. The van der Waals surface area contributed by atoms with Gasteiger partial charge < -0.3 is 15.0 Å². The smallest absolute Gasteiger partial charge is 0.332 e. The number of hydrogen-bond donors (Lipinski definition) is 1. The molecule has 0 spiro atoms. The molecule has 0 radical (unpaired) electrons. The number of primary amides is 1. The van der Waals surface area contributed by atoms with Gasteiger partial charge in [0.15, 0.2) is 11.2 Å². The molecule has 3 aromatic heterocycles. The Balaban J connectivity index is 1.99. The first-order valence-corrected chi connectivity index (χ1v) is 9.33. The van der Waals surface area contributed by atoms with Crippen LogP contribution in [0, 0.1) is 13.8 Å². The van der Waals surface area contributed by atoms with Crippen LogP contribution in [0.4, 0.5) is 0 Å². The molecule has 0 aliphatic rings. The molecule has 0 saturated heterocycles. The number of hydrogen-bond acceptors (Lipinski definition) is 5. The number of benzene rings is 1. The van der Waals surface area contributed by atoms with E-state index in [0.717, 1.165) is 27.3 Å². The molecule has 2 N–H and O–H groups in total. The number of methoxy groups -OCH3 is 1. The summed E-state index contributed by atoms with van der Waals surface area (Å²) in [6.45, 7) is 3.87. The number of aryl methyl sites for hydroxylation is 2. The van der Waals surface area contributed by atoms with E-state index in [2.05, 4.69) is 4.98 Å². The number of carbonyl (C=O) groups excluding carboxylic acids is 1. The number of imidazole rings is 2. The lowest BCUT2D eigenvalue weighted by Gasteiger charge is -2.08. The second kappa shape index (κ2) is 6.90. The zero-order chi connectivity index (χ0) is 21.7.